The first kappa shape index (κ1) is 14.5. The second-order valence-corrected chi connectivity index (χ2v) is 4.21. The summed E-state index contributed by atoms with van der Waals surface area (Å²) < 4.78 is 66.3. The molecule has 2 aromatic rings. The number of carbonyl (C=O) groups excluding carboxylic acids is 1. The Bertz CT molecular complexity index is 685. The lowest BCUT2D eigenvalue weighted by molar-refractivity contribution is 0.112. The van der Waals surface area contributed by atoms with E-state index in [0.29, 0.717) is 6.29 Å². The maximum Gasteiger partial charge on any atom is 0.200 e. The first-order valence-corrected chi connectivity index (χ1v) is 5.52. The number of benzene rings is 2. The van der Waals surface area contributed by atoms with Crippen LogP contribution in [-0.2, 0) is 0 Å². The number of hydrogen-bond acceptors (Lipinski definition) is 1. The average Bonchev–Trinajstić information content (AvgIpc) is 2.45. The van der Waals surface area contributed by atoms with Crippen molar-refractivity contribution in [3.63, 3.8) is 0 Å². The Morgan fingerprint density at radius 1 is 0.850 bits per heavy atom. The predicted octanol–water partition coefficient (Wildman–Crippen LogP) is 4.52. The smallest absolute Gasteiger partial charge is 0.200 e. The Hall–Kier alpha value is -1.95. The molecule has 2 aromatic carbocycles. The minimum Gasteiger partial charge on any atom is -0.298 e. The number of aldehydes is 1. The van der Waals surface area contributed by atoms with Crippen LogP contribution in [0.1, 0.15) is 10.4 Å². The first-order chi connectivity index (χ1) is 9.38. The summed E-state index contributed by atoms with van der Waals surface area (Å²) in [6.45, 7) is 0. The lowest BCUT2D eigenvalue weighted by Crippen LogP contribution is -2.04. The van der Waals surface area contributed by atoms with Crippen molar-refractivity contribution in [1.29, 1.82) is 0 Å². The van der Waals surface area contributed by atoms with E-state index in [1.54, 1.807) is 0 Å². The van der Waals surface area contributed by atoms with Crippen LogP contribution in [-0.4, -0.2) is 6.29 Å². The van der Waals surface area contributed by atoms with E-state index in [9.17, 15) is 26.7 Å². The van der Waals surface area contributed by atoms with Crippen LogP contribution < -0.4 is 0 Å². The predicted molar refractivity (Wildman–Crippen MR) is 62.1 cm³/mol. The molecule has 0 aliphatic heterocycles. The molecule has 1 nitrogen and oxygen atoms in total. The summed E-state index contributed by atoms with van der Waals surface area (Å²) in [6.07, 6.45) is 0.303. The van der Waals surface area contributed by atoms with E-state index in [1.165, 1.54) is 0 Å². The van der Waals surface area contributed by atoms with E-state index >= 15 is 0 Å². The van der Waals surface area contributed by atoms with Crippen molar-refractivity contribution in [2.45, 2.75) is 0 Å². The van der Waals surface area contributed by atoms with Crippen LogP contribution in [0.15, 0.2) is 18.2 Å². The van der Waals surface area contributed by atoms with Crippen LogP contribution in [0.25, 0.3) is 11.1 Å². The van der Waals surface area contributed by atoms with E-state index in [0.717, 1.165) is 18.2 Å². The fourth-order valence-corrected chi connectivity index (χ4v) is 1.81. The molecular weight excluding hydrogens is 303 g/mol. The molecule has 0 saturated carbocycles. The molecule has 20 heavy (non-hydrogen) atoms. The summed E-state index contributed by atoms with van der Waals surface area (Å²) in [7, 11) is 0. The van der Waals surface area contributed by atoms with Gasteiger partial charge in [-0.05, 0) is 17.7 Å². The molecule has 0 spiro atoms. The van der Waals surface area contributed by atoms with Gasteiger partial charge >= 0.3 is 0 Å². The van der Waals surface area contributed by atoms with Crippen molar-refractivity contribution < 1.29 is 26.7 Å². The summed E-state index contributed by atoms with van der Waals surface area (Å²) in [5, 5.41) is -0.00683. The molecule has 0 aliphatic rings. The second kappa shape index (κ2) is 5.20. The molecule has 0 heterocycles. The minimum atomic E-state index is -2.24. The van der Waals surface area contributed by atoms with Gasteiger partial charge in [0, 0.05) is 5.56 Å². The zero-order valence-corrected chi connectivity index (χ0v) is 10.2. The van der Waals surface area contributed by atoms with Gasteiger partial charge in [-0.1, -0.05) is 17.7 Å². The molecule has 0 aliphatic carbocycles. The summed E-state index contributed by atoms with van der Waals surface area (Å²) in [6, 6.07) is 3.11. The number of hydrogen-bond donors (Lipinski definition) is 0. The van der Waals surface area contributed by atoms with Crippen LogP contribution in [0, 0.1) is 29.1 Å². The van der Waals surface area contributed by atoms with Crippen molar-refractivity contribution in [2.75, 3.05) is 0 Å². The largest absolute Gasteiger partial charge is 0.298 e. The van der Waals surface area contributed by atoms with Crippen molar-refractivity contribution in [3.8, 4) is 11.1 Å². The lowest BCUT2D eigenvalue weighted by Gasteiger charge is -2.09. The molecule has 0 bridgehead atoms. The van der Waals surface area contributed by atoms with Gasteiger partial charge in [-0.3, -0.25) is 4.79 Å². The third-order valence-electron chi connectivity index (χ3n) is 2.62. The summed E-state index contributed by atoms with van der Waals surface area (Å²) in [4.78, 5) is 10.7. The Balaban J connectivity index is 2.79. The Morgan fingerprint density at radius 2 is 1.35 bits per heavy atom. The monoisotopic (exact) mass is 306 g/mol. The van der Waals surface area contributed by atoms with Crippen molar-refractivity contribution in [3.05, 3.63) is 57.9 Å². The Labute approximate surface area is 114 Å². The lowest BCUT2D eigenvalue weighted by atomic mass is 10.0. The Morgan fingerprint density at radius 3 is 1.85 bits per heavy atom. The average molecular weight is 307 g/mol. The van der Waals surface area contributed by atoms with Gasteiger partial charge < -0.3 is 0 Å². The van der Waals surface area contributed by atoms with Gasteiger partial charge in [0.15, 0.2) is 29.6 Å². The second-order valence-electron chi connectivity index (χ2n) is 3.80. The highest BCUT2D eigenvalue weighted by Crippen LogP contribution is 2.32. The number of rotatable bonds is 2. The first-order valence-electron chi connectivity index (χ1n) is 5.15. The van der Waals surface area contributed by atoms with Crippen molar-refractivity contribution in [1.82, 2.24) is 0 Å². The summed E-state index contributed by atoms with van der Waals surface area (Å²) in [5.41, 5.74) is -1.58. The van der Waals surface area contributed by atoms with Crippen LogP contribution in [0.2, 0.25) is 5.02 Å². The standard InChI is InChI=1S/C13H4ClF5O/c14-7-2-1-5(3-6(7)4-20)8-9(15)11(17)13(19)12(18)10(8)16/h1-4H. The maximum absolute atomic E-state index is 13.6. The molecule has 104 valence electrons. The molecule has 0 amide bonds. The molecule has 0 radical (unpaired) electrons. The zero-order valence-electron chi connectivity index (χ0n) is 9.49. The highest BCUT2D eigenvalue weighted by atomic mass is 35.5. The van der Waals surface area contributed by atoms with Crippen molar-refractivity contribution >= 4 is 17.9 Å². The quantitative estimate of drug-likeness (QED) is 0.345. The summed E-state index contributed by atoms with van der Waals surface area (Å²) >= 11 is 5.62. The topological polar surface area (TPSA) is 17.1 Å². The SMILES string of the molecule is O=Cc1cc(-c2c(F)c(F)c(F)c(F)c2F)ccc1Cl. The van der Waals surface area contributed by atoms with Gasteiger partial charge in [0.05, 0.1) is 10.6 Å². The van der Waals surface area contributed by atoms with E-state index in [2.05, 4.69) is 0 Å². The van der Waals surface area contributed by atoms with Gasteiger partial charge in [-0.15, -0.1) is 0 Å². The van der Waals surface area contributed by atoms with Crippen LogP contribution in [0.4, 0.5) is 22.0 Å². The van der Waals surface area contributed by atoms with Gasteiger partial charge in [0.25, 0.3) is 0 Å². The fourth-order valence-electron chi connectivity index (χ4n) is 1.65. The van der Waals surface area contributed by atoms with Crippen LogP contribution >= 0.6 is 11.6 Å². The number of carbonyl (C=O) groups is 1. The van der Waals surface area contributed by atoms with Crippen LogP contribution in [0.3, 0.4) is 0 Å². The van der Waals surface area contributed by atoms with Gasteiger partial charge in [-0.25, -0.2) is 22.0 Å². The highest BCUT2D eigenvalue weighted by molar-refractivity contribution is 6.33. The molecule has 0 unspecified atom stereocenters. The van der Waals surface area contributed by atoms with Gasteiger partial charge in [0.1, 0.15) is 0 Å². The highest BCUT2D eigenvalue weighted by Gasteiger charge is 2.26. The minimum absolute atomic E-state index is 0.00683. The normalized spacial score (nSPS) is 10.7. The van der Waals surface area contributed by atoms with Crippen LogP contribution in [0.5, 0.6) is 0 Å². The Kier molecular flexibility index (Phi) is 3.76. The van der Waals surface area contributed by atoms with Crippen molar-refractivity contribution in [2.24, 2.45) is 0 Å². The zero-order chi connectivity index (χ0) is 15.0. The molecule has 2 rings (SSSR count). The molecule has 0 N–H and O–H groups in total. The van der Waals surface area contributed by atoms with E-state index < -0.39 is 34.6 Å². The third kappa shape index (κ3) is 2.16. The molecule has 0 fully saturated rings. The molecule has 7 heteroatoms. The van der Waals surface area contributed by atoms with E-state index in [-0.39, 0.29) is 16.1 Å². The number of halogens is 6. The third-order valence-corrected chi connectivity index (χ3v) is 2.97. The van der Waals surface area contributed by atoms with Gasteiger partial charge in [0.2, 0.25) is 5.82 Å². The van der Waals surface area contributed by atoms with Gasteiger partial charge in [-0.2, -0.15) is 0 Å². The van der Waals surface area contributed by atoms with E-state index in [4.69, 9.17) is 11.6 Å². The molecule has 0 saturated heterocycles. The maximum atomic E-state index is 13.6. The molecular formula is C13H4ClF5O. The van der Waals surface area contributed by atoms with E-state index in [1.807, 2.05) is 0 Å². The molecule has 0 aromatic heterocycles. The molecule has 0 atom stereocenters. The fraction of sp³-hybridized carbons (Fsp3) is 0. The summed E-state index contributed by atoms with van der Waals surface area (Å²) in [5.74, 6) is -10.3.